The van der Waals surface area contributed by atoms with E-state index in [1.54, 1.807) is 37.9 Å². The number of urea groups is 1. The lowest BCUT2D eigenvalue weighted by Gasteiger charge is -2.14. The maximum absolute atomic E-state index is 11.7. The van der Waals surface area contributed by atoms with Crippen LogP contribution in [0.2, 0.25) is 0 Å². The van der Waals surface area contributed by atoms with Gasteiger partial charge in [0.2, 0.25) is 0 Å². The Morgan fingerprint density at radius 2 is 1.93 bits per heavy atom. The van der Waals surface area contributed by atoms with Crippen molar-refractivity contribution < 1.29 is 14.3 Å². The maximum atomic E-state index is 11.7. The SMILES string of the molecule is CNC(=O)Nc1cnn2c(NC)cc(Nc3cc(OC)ccc3OC)nc12. The van der Waals surface area contributed by atoms with Gasteiger partial charge in [-0.3, -0.25) is 0 Å². The number of ether oxygens (including phenoxy) is 2. The highest BCUT2D eigenvalue weighted by atomic mass is 16.5. The molecule has 2 amide bonds. The van der Waals surface area contributed by atoms with Crippen LogP contribution < -0.4 is 30.7 Å². The Hall–Kier alpha value is -3.69. The average Bonchev–Trinajstić information content (AvgIpc) is 3.09. The van der Waals surface area contributed by atoms with Gasteiger partial charge in [0.25, 0.3) is 0 Å². The summed E-state index contributed by atoms with van der Waals surface area (Å²) >= 11 is 0. The molecule has 27 heavy (non-hydrogen) atoms. The quantitative estimate of drug-likeness (QED) is 0.526. The number of hydrogen-bond acceptors (Lipinski definition) is 7. The van der Waals surface area contributed by atoms with Crippen molar-refractivity contribution in [3.8, 4) is 11.5 Å². The first-order chi connectivity index (χ1) is 13.1. The predicted octanol–water partition coefficient (Wildman–Crippen LogP) is 2.28. The van der Waals surface area contributed by atoms with Crippen LogP contribution in [0.25, 0.3) is 5.65 Å². The monoisotopic (exact) mass is 371 g/mol. The fraction of sp³-hybridized carbons (Fsp3) is 0.235. The van der Waals surface area contributed by atoms with E-state index in [1.807, 2.05) is 12.1 Å². The van der Waals surface area contributed by atoms with Crippen LogP contribution in [0.5, 0.6) is 11.5 Å². The number of rotatable bonds is 6. The van der Waals surface area contributed by atoms with Crippen molar-refractivity contribution in [2.24, 2.45) is 0 Å². The number of fused-ring (bicyclic) bond motifs is 1. The Morgan fingerprint density at radius 3 is 2.59 bits per heavy atom. The first-order valence-electron chi connectivity index (χ1n) is 8.14. The molecular weight excluding hydrogens is 350 g/mol. The molecule has 3 aromatic rings. The first kappa shape index (κ1) is 18.1. The number of anilines is 4. The van der Waals surface area contributed by atoms with Crippen LogP contribution >= 0.6 is 0 Å². The average molecular weight is 371 g/mol. The molecule has 0 saturated carbocycles. The molecule has 0 aliphatic carbocycles. The van der Waals surface area contributed by atoms with E-state index in [0.717, 1.165) is 0 Å². The number of methoxy groups -OCH3 is 2. The van der Waals surface area contributed by atoms with Crippen molar-refractivity contribution >= 4 is 34.7 Å². The Kier molecular flexibility index (Phi) is 5.15. The Morgan fingerprint density at radius 1 is 1.11 bits per heavy atom. The van der Waals surface area contributed by atoms with Gasteiger partial charge < -0.3 is 30.7 Å². The molecule has 142 valence electrons. The molecule has 0 spiro atoms. The van der Waals surface area contributed by atoms with Gasteiger partial charge in [-0.05, 0) is 12.1 Å². The zero-order chi connectivity index (χ0) is 19.4. The largest absolute Gasteiger partial charge is 0.497 e. The fourth-order valence-corrected chi connectivity index (χ4v) is 2.53. The minimum Gasteiger partial charge on any atom is -0.497 e. The van der Waals surface area contributed by atoms with Crippen LogP contribution in [-0.4, -0.2) is 48.9 Å². The van der Waals surface area contributed by atoms with Crippen molar-refractivity contribution in [2.45, 2.75) is 0 Å². The molecular formula is C17H21N7O3. The number of amides is 2. The molecule has 3 rings (SSSR count). The summed E-state index contributed by atoms with van der Waals surface area (Å²) in [6.45, 7) is 0. The normalized spacial score (nSPS) is 10.4. The van der Waals surface area contributed by atoms with Crippen molar-refractivity contribution in [3.63, 3.8) is 0 Å². The predicted molar refractivity (Wildman–Crippen MR) is 103 cm³/mol. The van der Waals surface area contributed by atoms with Gasteiger partial charge in [0.1, 0.15) is 28.8 Å². The number of nitrogens with zero attached hydrogens (tertiary/aromatic N) is 3. The first-order valence-corrected chi connectivity index (χ1v) is 8.14. The van der Waals surface area contributed by atoms with E-state index in [4.69, 9.17) is 9.47 Å². The Balaban J connectivity index is 2.04. The highest BCUT2D eigenvalue weighted by Crippen LogP contribution is 2.32. The number of carbonyl (C=O) groups is 1. The molecule has 2 heterocycles. The molecule has 0 saturated heterocycles. The van der Waals surface area contributed by atoms with Crippen LogP contribution in [0.3, 0.4) is 0 Å². The van der Waals surface area contributed by atoms with E-state index in [2.05, 4.69) is 31.3 Å². The van der Waals surface area contributed by atoms with E-state index >= 15 is 0 Å². The number of nitrogens with one attached hydrogen (secondary N) is 4. The van der Waals surface area contributed by atoms with Gasteiger partial charge in [-0.2, -0.15) is 9.61 Å². The van der Waals surface area contributed by atoms with Crippen LogP contribution in [0, 0.1) is 0 Å². The minimum atomic E-state index is -0.356. The summed E-state index contributed by atoms with van der Waals surface area (Å²) in [5, 5.41) is 15.8. The zero-order valence-electron chi connectivity index (χ0n) is 15.5. The van der Waals surface area contributed by atoms with Crippen molar-refractivity contribution in [1.29, 1.82) is 0 Å². The zero-order valence-corrected chi connectivity index (χ0v) is 15.5. The molecule has 4 N–H and O–H groups in total. The fourth-order valence-electron chi connectivity index (χ4n) is 2.53. The second kappa shape index (κ2) is 7.68. The second-order valence-corrected chi connectivity index (χ2v) is 5.47. The lowest BCUT2D eigenvalue weighted by molar-refractivity contribution is 0.254. The number of carbonyl (C=O) groups excluding carboxylic acids is 1. The van der Waals surface area contributed by atoms with Gasteiger partial charge in [0.05, 0.1) is 26.1 Å². The summed E-state index contributed by atoms with van der Waals surface area (Å²) in [5.74, 6) is 2.55. The highest BCUT2D eigenvalue weighted by molar-refractivity contribution is 5.93. The number of benzene rings is 1. The third kappa shape index (κ3) is 3.64. The lowest BCUT2D eigenvalue weighted by atomic mass is 10.2. The molecule has 2 aromatic heterocycles. The molecule has 0 unspecified atom stereocenters. The van der Waals surface area contributed by atoms with Gasteiger partial charge in [-0.25, -0.2) is 9.78 Å². The standard InChI is InChI=1S/C17H21N7O3/c1-18-15-8-14(21-11-7-10(26-3)5-6-13(11)27-4)23-16-12(9-20-24(15)16)22-17(25)19-2/h5-9,18H,1-4H3,(H,21,23)(H2,19,22,25). The smallest absolute Gasteiger partial charge is 0.319 e. The lowest BCUT2D eigenvalue weighted by Crippen LogP contribution is -2.24. The third-order valence-electron chi connectivity index (χ3n) is 3.87. The van der Waals surface area contributed by atoms with E-state index in [-0.39, 0.29) is 6.03 Å². The summed E-state index contributed by atoms with van der Waals surface area (Å²) in [5.41, 5.74) is 1.65. The third-order valence-corrected chi connectivity index (χ3v) is 3.87. The van der Waals surface area contributed by atoms with Gasteiger partial charge in [-0.15, -0.1) is 0 Å². The van der Waals surface area contributed by atoms with Gasteiger partial charge >= 0.3 is 6.03 Å². The number of aromatic nitrogens is 3. The van der Waals surface area contributed by atoms with Gasteiger partial charge in [0.15, 0.2) is 5.65 Å². The number of hydrogen-bond donors (Lipinski definition) is 4. The summed E-state index contributed by atoms with van der Waals surface area (Å²) in [6.07, 6.45) is 1.54. The second-order valence-electron chi connectivity index (χ2n) is 5.47. The van der Waals surface area contributed by atoms with Crippen LogP contribution in [0.1, 0.15) is 0 Å². The van der Waals surface area contributed by atoms with Crippen molar-refractivity contribution in [3.05, 3.63) is 30.5 Å². The molecule has 0 bridgehead atoms. The molecule has 0 aliphatic heterocycles. The van der Waals surface area contributed by atoms with E-state index < -0.39 is 0 Å². The molecule has 0 aliphatic rings. The summed E-state index contributed by atoms with van der Waals surface area (Å²) < 4.78 is 12.3. The van der Waals surface area contributed by atoms with Gasteiger partial charge in [0, 0.05) is 26.2 Å². The Labute approximate surface area is 155 Å². The molecule has 0 atom stereocenters. The summed E-state index contributed by atoms with van der Waals surface area (Å²) in [4.78, 5) is 16.2. The molecule has 10 heteroatoms. The van der Waals surface area contributed by atoms with E-state index in [1.165, 1.54) is 13.2 Å². The van der Waals surface area contributed by atoms with Crippen molar-refractivity contribution in [2.75, 3.05) is 44.3 Å². The van der Waals surface area contributed by atoms with Crippen LogP contribution in [0.4, 0.5) is 27.8 Å². The van der Waals surface area contributed by atoms with Crippen LogP contribution in [-0.2, 0) is 0 Å². The van der Waals surface area contributed by atoms with E-state index in [0.29, 0.717) is 40.2 Å². The summed E-state index contributed by atoms with van der Waals surface area (Å²) in [7, 11) is 6.50. The maximum Gasteiger partial charge on any atom is 0.319 e. The molecule has 10 nitrogen and oxygen atoms in total. The highest BCUT2D eigenvalue weighted by Gasteiger charge is 2.14. The minimum absolute atomic E-state index is 0.356. The topological polar surface area (TPSA) is 114 Å². The summed E-state index contributed by atoms with van der Waals surface area (Å²) in [6, 6.07) is 6.86. The molecule has 0 radical (unpaired) electrons. The van der Waals surface area contributed by atoms with Crippen molar-refractivity contribution in [1.82, 2.24) is 19.9 Å². The Bertz CT molecular complexity index is 971. The molecule has 0 fully saturated rings. The van der Waals surface area contributed by atoms with E-state index in [9.17, 15) is 4.79 Å². The van der Waals surface area contributed by atoms with Crippen LogP contribution in [0.15, 0.2) is 30.5 Å². The van der Waals surface area contributed by atoms with Gasteiger partial charge in [-0.1, -0.05) is 0 Å². The molecule has 1 aromatic carbocycles.